The molecule has 1 heterocycles. The Morgan fingerprint density at radius 1 is 1.43 bits per heavy atom. The fraction of sp³-hybridized carbons (Fsp3) is 0. The summed E-state index contributed by atoms with van der Waals surface area (Å²) in [6.45, 7) is 0. The van der Waals surface area contributed by atoms with Crippen LogP contribution >= 0.6 is 0 Å². The number of rotatable bonds is 1. The minimum Gasteiger partial charge on any atom is -0.381 e. The Bertz CT molecular complexity index is 401. The smallest absolute Gasteiger partial charge is 0.284 e. The van der Waals surface area contributed by atoms with E-state index in [1.54, 1.807) is 12.1 Å². The summed E-state index contributed by atoms with van der Waals surface area (Å²) in [6.07, 6.45) is 1.67. The number of hydrazine groups is 1. The van der Waals surface area contributed by atoms with Crippen LogP contribution in [0.25, 0.3) is 6.08 Å². The number of carbonyl (C=O) groups is 1. The monoisotopic (exact) mass is 191 g/mol. The van der Waals surface area contributed by atoms with E-state index in [0.29, 0.717) is 5.75 Å². The highest BCUT2D eigenvalue weighted by molar-refractivity contribution is 5.97. The predicted octanol–water partition coefficient (Wildman–Crippen LogP) is -0.0856. The van der Waals surface area contributed by atoms with E-state index in [-0.39, 0.29) is 5.70 Å². The van der Waals surface area contributed by atoms with E-state index in [9.17, 15) is 4.79 Å². The fourth-order valence-corrected chi connectivity index (χ4v) is 1.18. The van der Waals surface area contributed by atoms with Gasteiger partial charge in [-0.25, -0.2) is 11.3 Å². The largest absolute Gasteiger partial charge is 0.381 e. The molecule has 1 amide bonds. The highest BCUT2D eigenvalue weighted by Crippen LogP contribution is 2.23. The Labute approximate surface area is 80.5 Å². The van der Waals surface area contributed by atoms with Crippen LogP contribution in [0.1, 0.15) is 5.56 Å². The second-order valence-electron chi connectivity index (χ2n) is 2.77. The lowest BCUT2D eigenvalue weighted by Crippen LogP contribution is -2.38. The molecular weight excluding hydrogens is 182 g/mol. The predicted molar refractivity (Wildman–Crippen MR) is 50.5 cm³/mol. The van der Waals surface area contributed by atoms with Crippen LogP contribution in [0.15, 0.2) is 30.0 Å². The number of hydrogen-bond acceptors (Lipinski definition) is 4. The molecule has 1 aromatic carbocycles. The van der Waals surface area contributed by atoms with Gasteiger partial charge in [-0.3, -0.25) is 10.2 Å². The second-order valence-corrected chi connectivity index (χ2v) is 2.77. The lowest BCUT2D eigenvalue weighted by molar-refractivity contribution is -0.118. The molecular formula is C9H9N3O2. The van der Waals surface area contributed by atoms with Gasteiger partial charge in [0.2, 0.25) is 0 Å². The molecule has 0 radical (unpaired) electrons. The van der Waals surface area contributed by atoms with Crippen molar-refractivity contribution in [3.8, 4) is 5.75 Å². The van der Waals surface area contributed by atoms with E-state index in [1.165, 1.54) is 0 Å². The Hall–Kier alpha value is -2.01. The minimum absolute atomic E-state index is 0.284. The summed E-state index contributed by atoms with van der Waals surface area (Å²) in [6, 6.07) is 7.36. The molecule has 14 heavy (non-hydrogen) atoms. The van der Waals surface area contributed by atoms with Gasteiger partial charge in [-0.2, -0.15) is 0 Å². The van der Waals surface area contributed by atoms with E-state index < -0.39 is 5.91 Å². The highest BCUT2D eigenvalue weighted by atomic mass is 16.6. The van der Waals surface area contributed by atoms with Gasteiger partial charge in [-0.1, -0.05) is 18.2 Å². The van der Waals surface area contributed by atoms with Crippen molar-refractivity contribution in [3.05, 3.63) is 35.5 Å². The van der Waals surface area contributed by atoms with Crippen molar-refractivity contribution in [2.75, 3.05) is 0 Å². The summed E-state index contributed by atoms with van der Waals surface area (Å²) < 4.78 is 0. The molecule has 0 bridgehead atoms. The molecule has 1 aliphatic heterocycles. The quantitative estimate of drug-likeness (QED) is 0.329. The van der Waals surface area contributed by atoms with Crippen LogP contribution < -0.4 is 21.6 Å². The zero-order valence-corrected chi connectivity index (χ0v) is 7.28. The van der Waals surface area contributed by atoms with E-state index in [2.05, 4.69) is 5.48 Å². The van der Waals surface area contributed by atoms with Gasteiger partial charge in [0, 0.05) is 5.56 Å². The summed E-state index contributed by atoms with van der Waals surface area (Å²) in [5.41, 5.74) is 5.63. The molecule has 0 saturated carbocycles. The van der Waals surface area contributed by atoms with Crippen LogP contribution in [0.3, 0.4) is 0 Å². The zero-order chi connectivity index (χ0) is 9.97. The van der Waals surface area contributed by atoms with Crippen LogP contribution in [0.2, 0.25) is 0 Å². The molecule has 5 nitrogen and oxygen atoms in total. The number of carbonyl (C=O) groups excluding carboxylic acids is 1. The summed E-state index contributed by atoms with van der Waals surface area (Å²) in [5.74, 6) is 5.25. The van der Waals surface area contributed by atoms with Crippen LogP contribution in [-0.2, 0) is 4.79 Å². The molecule has 5 heteroatoms. The van der Waals surface area contributed by atoms with Crippen LogP contribution in [-0.4, -0.2) is 5.91 Å². The first-order chi connectivity index (χ1) is 6.81. The third-order valence-corrected chi connectivity index (χ3v) is 1.87. The van der Waals surface area contributed by atoms with Gasteiger partial charge in [0.15, 0.2) is 5.75 Å². The lowest BCUT2D eigenvalue weighted by atomic mass is 10.1. The molecule has 0 aromatic heterocycles. The van der Waals surface area contributed by atoms with Gasteiger partial charge in [0.25, 0.3) is 5.91 Å². The van der Waals surface area contributed by atoms with Crippen molar-refractivity contribution >= 4 is 12.0 Å². The number of amides is 1. The molecule has 72 valence electrons. The van der Waals surface area contributed by atoms with E-state index >= 15 is 0 Å². The molecule has 2 rings (SSSR count). The van der Waals surface area contributed by atoms with E-state index in [4.69, 9.17) is 10.7 Å². The fourth-order valence-electron chi connectivity index (χ4n) is 1.18. The molecule has 0 atom stereocenters. The van der Waals surface area contributed by atoms with E-state index in [1.807, 2.05) is 23.6 Å². The molecule has 0 spiro atoms. The second kappa shape index (κ2) is 3.39. The summed E-state index contributed by atoms with van der Waals surface area (Å²) in [7, 11) is 0. The first kappa shape index (κ1) is 8.58. The number of nitrogens with two attached hydrogens (primary N) is 1. The maximum absolute atomic E-state index is 11.1. The van der Waals surface area contributed by atoms with Crippen LogP contribution in [0, 0.1) is 0 Å². The molecule has 0 aliphatic carbocycles. The van der Waals surface area contributed by atoms with Gasteiger partial charge in [0.1, 0.15) is 5.70 Å². The van der Waals surface area contributed by atoms with Crippen molar-refractivity contribution in [2.24, 2.45) is 5.84 Å². The molecule has 1 aromatic rings. The number of nitrogens with one attached hydrogen (secondary N) is 2. The third kappa shape index (κ3) is 1.40. The summed E-state index contributed by atoms with van der Waals surface area (Å²) >= 11 is 0. The van der Waals surface area contributed by atoms with Gasteiger partial charge in [-0.15, -0.1) is 0 Å². The third-order valence-electron chi connectivity index (χ3n) is 1.87. The summed E-state index contributed by atoms with van der Waals surface area (Å²) in [4.78, 5) is 16.3. The van der Waals surface area contributed by atoms with Crippen molar-refractivity contribution in [1.29, 1.82) is 0 Å². The average molecular weight is 191 g/mol. The SMILES string of the molecule is NNC(=O)C1=Cc2ccccc2ON1. The highest BCUT2D eigenvalue weighted by Gasteiger charge is 2.15. The maximum Gasteiger partial charge on any atom is 0.284 e. The molecule has 1 aliphatic rings. The maximum atomic E-state index is 11.1. The molecule has 0 saturated heterocycles. The lowest BCUT2D eigenvalue weighted by Gasteiger charge is -2.17. The molecule has 4 N–H and O–H groups in total. The first-order valence-corrected chi connectivity index (χ1v) is 4.06. The number of fused-ring (bicyclic) bond motifs is 1. The van der Waals surface area contributed by atoms with E-state index in [0.717, 1.165) is 5.56 Å². The van der Waals surface area contributed by atoms with Gasteiger partial charge < -0.3 is 4.84 Å². The number of hydroxylamine groups is 1. The Kier molecular flexibility index (Phi) is 2.08. The number of hydrogen-bond donors (Lipinski definition) is 3. The van der Waals surface area contributed by atoms with Crippen molar-refractivity contribution in [2.45, 2.75) is 0 Å². The topological polar surface area (TPSA) is 76.4 Å². The van der Waals surface area contributed by atoms with Crippen LogP contribution in [0.5, 0.6) is 5.75 Å². The van der Waals surface area contributed by atoms with Crippen molar-refractivity contribution < 1.29 is 9.63 Å². The molecule has 0 fully saturated rings. The minimum atomic E-state index is -0.417. The number of benzene rings is 1. The average Bonchev–Trinajstić information content (AvgIpc) is 2.27. The zero-order valence-electron chi connectivity index (χ0n) is 7.28. The standard InChI is InChI=1S/C9H9N3O2/c10-11-9(13)7-5-6-3-1-2-4-8(6)14-12-7/h1-5,12H,10H2,(H,11,13). The van der Waals surface area contributed by atoms with Crippen molar-refractivity contribution in [3.63, 3.8) is 0 Å². The van der Waals surface area contributed by atoms with Gasteiger partial charge >= 0.3 is 0 Å². The van der Waals surface area contributed by atoms with Gasteiger partial charge in [0.05, 0.1) is 0 Å². The van der Waals surface area contributed by atoms with Gasteiger partial charge in [-0.05, 0) is 12.1 Å². The Balaban J connectivity index is 2.36. The normalized spacial score (nSPS) is 13.1. The first-order valence-electron chi connectivity index (χ1n) is 4.06. The summed E-state index contributed by atoms with van der Waals surface area (Å²) in [5, 5.41) is 0. The van der Waals surface area contributed by atoms with Crippen molar-refractivity contribution in [1.82, 2.24) is 10.9 Å². The molecule has 0 unspecified atom stereocenters. The Morgan fingerprint density at radius 2 is 2.21 bits per heavy atom. The van der Waals surface area contributed by atoms with Crippen LogP contribution in [0.4, 0.5) is 0 Å². The Morgan fingerprint density at radius 3 is 3.00 bits per heavy atom. The number of para-hydroxylation sites is 1.